The monoisotopic (exact) mass is 376 g/mol. The van der Waals surface area contributed by atoms with E-state index in [2.05, 4.69) is 20.7 Å². The summed E-state index contributed by atoms with van der Waals surface area (Å²) in [5.41, 5.74) is 6.41. The highest BCUT2D eigenvalue weighted by Crippen LogP contribution is 2.28. The van der Waals surface area contributed by atoms with Crippen molar-refractivity contribution in [3.8, 4) is 0 Å². The fourth-order valence-corrected chi connectivity index (χ4v) is 4.08. The topological polar surface area (TPSA) is 81.4 Å². The molecule has 1 aromatic rings. The molecule has 0 bridgehead atoms. The Kier molecular flexibility index (Phi) is 6.19. The molecule has 0 aliphatic heterocycles. The Labute approximate surface area is 134 Å². The second kappa shape index (κ2) is 7.69. The first kappa shape index (κ1) is 16.9. The maximum absolute atomic E-state index is 12.2. The van der Waals surface area contributed by atoms with E-state index < -0.39 is 10.0 Å². The van der Waals surface area contributed by atoms with Crippen LogP contribution in [-0.4, -0.2) is 28.2 Å². The number of hydrogen-bond acceptors (Lipinski definition) is 4. The van der Waals surface area contributed by atoms with Crippen molar-refractivity contribution in [2.45, 2.75) is 30.7 Å². The largest absolute Gasteiger partial charge is 0.381 e. The van der Waals surface area contributed by atoms with Crippen LogP contribution in [-0.2, 0) is 21.3 Å². The van der Waals surface area contributed by atoms with E-state index >= 15 is 0 Å². The zero-order valence-electron chi connectivity index (χ0n) is 11.8. The van der Waals surface area contributed by atoms with Crippen LogP contribution < -0.4 is 10.5 Å². The maximum atomic E-state index is 12.2. The molecule has 1 aliphatic rings. The van der Waals surface area contributed by atoms with Crippen molar-refractivity contribution in [2.24, 2.45) is 11.7 Å². The van der Waals surface area contributed by atoms with Crippen molar-refractivity contribution in [3.63, 3.8) is 0 Å². The number of halogens is 1. The molecule has 3 N–H and O–H groups in total. The second-order valence-corrected chi connectivity index (χ2v) is 7.83. The van der Waals surface area contributed by atoms with Crippen molar-refractivity contribution in [1.29, 1.82) is 0 Å². The normalized spacial score (nSPS) is 15.3. The van der Waals surface area contributed by atoms with Crippen LogP contribution in [0.3, 0.4) is 0 Å². The molecular weight excluding hydrogens is 356 g/mol. The third-order valence-corrected chi connectivity index (χ3v) is 5.77. The zero-order chi connectivity index (χ0) is 15.3. The average Bonchev–Trinajstić information content (AvgIpc) is 3.26. The Hall–Kier alpha value is -0.470. The van der Waals surface area contributed by atoms with Crippen LogP contribution in [0.15, 0.2) is 27.6 Å². The van der Waals surface area contributed by atoms with Crippen LogP contribution in [0.1, 0.15) is 24.8 Å². The smallest absolute Gasteiger partial charge is 0.241 e. The van der Waals surface area contributed by atoms with Gasteiger partial charge in [0.1, 0.15) is 0 Å². The lowest BCUT2D eigenvalue weighted by atomic mass is 10.2. The fraction of sp³-hybridized carbons (Fsp3) is 0.571. The van der Waals surface area contributed by atoms with E-state index in [1.54, 1.807) is 18.2 Å². The van der Waals surface area contributed by atoms with E-state index in [9.17, 15) is 8.42 Å². The number of rotatable bonds is 9. The lowest BCUT2D eigenvalue weighted by molar-refractivity contribution is 0.123. The highest BCUT2D eigenvalue weighted by molar-refractivity contribution is 9.10. The maximum Gasteiger partial charge on any atom is 0.241 e. The molecule has 1 aromatic carbocycles. The quantitative estimate of drug-likeness (QED) is 0.645. The van der Waals surface area contributed by atoms with E-state index in [-0.39, 0.29) is 4.90 Å². The predicted octanol–water partition coefficient (Wildman–Crippen LogP) is 2.00. The number of nitrogens with one attached hydrogen (secondary N) is 1. The third-order valence-electron chi connectivity index (χ3n) is 3.33. The van der Waals surface area contributed by atoms with E-state index in [1.165, 1.54) is 12.8 Å². The van der Waals surface area contributed by atoms with Gasteiger partial charge in [-0.3, -0.25) is 0 Å². The molecule has 0 aromatic heterocycles. The van der Waals surface area contributed by atoms with E-state index in [4.69, 9.17) is 10.5 Å². The standard InChI is InChI=1S/C14H21BrN2O3S/c15-13-8-12(9-16)4-5-14(13)21(18,19)17-6-1-7-20-10-11-2-3-11/h4-5,8,11,17H,1-3,6-7,9-10,16H2. The van der Waals surface area contributed by atoms with Crippen LogP contribution >= 0.6 is 15.9 Å². The average molecular weight is 377 g/mol. The van der Waals surface area contributed by atoms with Gasteiger partial charge in [0.25, 0.3) is 0 Å². The first-order valence-electron chi connectivity index (χ1n) is 7.09. The van der Waals surface area contributed by atoms with Gasteiger partial charge in [0.15, 0.2) is 0 Å². The van der Waals surface area contributed by atoms with Gasteiger partial charge in [0, 0.05) is 30.8 Å². The summed E-state index contributed by atoms with van der Waals surface area (Å²) in [5, 5.41) is 0. The van der Waals surface area contributed by atoms with Gasteiger partial charge in [-0.2, -0.15) is 0 Å². The molecule has 0 unspecified atom stereocenters. The minimum absolute atomic E-state index is 0.235. The van der Waals surface area contributed by atoms with Crippen molar-refractivity contribution in [1.82, 2.24) is 4.72 Å². The molecule has 2 rings (SSSR count). The number of hydrogen-bond donors (Lipinski definition) is 2. The summed E-state index contributed by atoms with van der Waals surface area (Å²) < 4.78 is 33.0. The second-order valence-electron chi connectivity index (χ2n) is 5.24. The molecule has 118 valence electrons. The molecule has 5 nitrogen and oxygen atoms in total. The van der Waals surface area contributed by atoms with Gasteiger partial charge in [0.05, 0.1) is 4.90 Å². The van der Waals surface area contributed by atoms with Gasteiger partial charge in [-0.1, -0.05) is 6.07 Å². The van der Waals surface area contributed by atoms with Gasteiger partial charge >= 0.3 is 0 Å². The number of sulfonamides is 1. The first-order chi connectivity index (χ1) is 10.0. The molecule has 21 heavy (non-hydrogen) atoms. The summed E-state index contributed by atoms with van der Waals surface area (Å²) in [4.78, 5) is 0.235. The number of benzene rings is 1. The Morgan fingerprint density at radius 3 is 2.76 bits per heavy atom. The molecule has 0 amide bonds. The highest BCUT2D eigenvalue weighted by atomic mass is 79.9. The minimum atomic E-state index is -3.50. The van der Waals surface area contributed by atoms with Crippen LogP contribution in [0.4, 0.5) is 0 Å². The summed E-state index contributed by atoms with van der Waals surface area (Å²) in [6.07, 6.45) is 3.20. The highest BCUT2D eigenvalue weighted by Gasteiger charge is 2.21. The third kappa shape index (κ3) is 5.34. The van der Waals surface area contributed by atoms with Gasteiger partial charge in [-0.15, -0.1) is 0 Å². The van der Waals surface area contributed by atoms with Crippen molar-refractivity contribution >= 4 is 26.0 Å². The van der Waals surface area contributed by atoms with Crippen LogP contribution in [0.2, 0.25) is 0 Å². The van der Waals surface area contributed by atoms with Gasteiger partial charge in [-0.25, -0.2) is 13.1 Å². The van der Waals surface area contributed by atoms with Crippen molar-refractivity contribution in [3.05, 3.63) is 28.2 Å². The molecule has 7 heteroatoms. The molecule has 1 fully saturated rings. The Bertz CT molecular complexity index is 574. The lowest BCUT2D eigenvalue weighted by Gasteiger charge is -2.10. The number of ether oxygens (including phenoxy) is 1. The Morgan fingerprint density at radius 1 is 1.38 bits per heavy atom. The molecule has 0 heterocycles. The Balaban J connectivity index is 1.80. The molecule has 1 saturated carbocycles. The van der Waals surface area contributed by atoms with E-state index in [0.29, 0.717) is 30.6 Å². The molecule has 0 radical (unpaired) electrons. The molecule has 0 saturated heterocycles. The fourth-order valence-electron chi connectivity index (χ4n) is 1.88. The summed E-state index contributed by atoms with van der Waals surface area (Å²) >= 11 is 3.28. The molecule has 0 spiro atoms. The molecule has 1 aliphatic carbocycles. The SMILES string of the molecule is NCc1ccc(S(=O)(=O)NCCCOCC2CC2)c(Br)c1. The van der Waals surface area contributed by atoms with Crippen LogP contribution in [0.25, 0.3) is 0 Å². The van der Waals surface area contributed by atoms with Gasteiger partial charge in [0.2, 0.25) is 10.0 Å². The summed E-state index contributed by atoms with van der Waals surface area (Å²) in [6, 6.07) is 5.02. The van der Waals surface area contributed by atoms with Crippen molar-refractivity contribution in [2.75, 3.05) is 19.8 Å². The summed E-state index contributed by atoms with van der Waals surface area (Å²) in [7, 11) is -3.50. The van der Waals surface area contributed by atoms with Crippen LogP contribution in [0, 0.1) is 5.92 Å². The van der Waals surface area contributed by atoms with E-state index in [1.807, 2.05) is 0 Å². The van der Waals surface area contributed by atoms with Crippen molar-refractivity contribution < 1.29 is 13.2 Å². The van der Waals surface area contributed by atoms with Gasteiger partial charge in [-0.05, 0) is 58.8 Å². The minimum Gasteiger partial charge on any atom is -0.381 e. The zero-order valence-corrected chi connectivity index (χ0v) is 14.2. The molecule has 0 atom stereocenters. The number of nitrogens with two attached hydrogens (primary N) is 1. The lowest BCUT2D eigenvalue weighted by Crippen LogP contribution is -2.26. The summed E-state index contributed by atoms with van der Waals surface area (Å²) in [6.45, 7) is 2.15. The van der Waals surface area contributed by atoms with Gasteiger partial charge < -0.3 is 10.5 Å². The first-order valence-corrected chi connectivity index (χ1v) is 9.36. The Morgan fingerprint density at radius 2 is 2.14 bits per heavy atom. The summed E-state index contributed by atoms with van der Waals surface area (Å²) in [5.74, 6) is 0.735. The van der Waals surface area contributed by atoms with E-state index in [0.717, 1.165) is 18.1 Å². The molecular formula is C14H21BrN2O3S. The predicted molar refractivity (Wildman–Crippen MR) is 85.4 cm³/mol. The van der Waals surface area contributed by atoms with Crippen LogP contribution in [0.5, 0.6) is 0 Å².